The van der Waals surface area contributed by atoms with Crippen molar-refractivity contribution in [3.63, 3.8) is 0 Å². The van der Waals surface area contributed by atoms with Crippen LogP contribution in [0, 0.1) is 0 Å². The Morgan fingerprint density at radius 2 is 1.24 bits per heavy atom. The summed E-state index contributed by atoms with van der Waals surface area (Å²) in [5.41, 5.74) is 0. The van der Waals surface area contributed by atoms with Gasteiger partial charge in [-0.1, -0.05) is 0 Å². The Morgan fingerprint density at radius 1 is 0.824 bits per heavy atom. The van der Waals surface area contributed by atoms with Gasteiger partial charge < -0.3 is 25.2 Å². The summed E-state index contributed by atoms with van der Waals surface area (Å²) in [4.78, 5) is 0. The lowest BCUT2D eigenvalue weighted by atomic mass is 10.4. The van der Waals surface area contributed by atoms with Gasteiger partial charge in [0.1, 0.15) is 0 Å². The zero-order valence-electron chi connectivity index (χ0n) is 9.83. The number of hydrogen-bond acceptors (Lipinski definition) is 7. The Labute approximate surface area is 111 Å². The third-order valence-corrected chi connectivity index (χ3v) is 3.94. The van der Waals surface area contributed by atoms with Gasteiger partial charge in [-0.05, 0) is 0 Å². The predicted molar refractivity (Wildman–Crippen MR) is 71.7 cm³/mol. The average molecular weight is 286 g/mol. The molecule has 0 saturated heterocycles. The van der Waals surface area contributed by atoms with Crippen molar-refractivity contribution in [2.45, 2.75) is 12.2 Å². The van der Waals surface area contributed by atoms with Crippen LogP contribution in [0.4, 0.5) is 0 Å². The normalized spacial score (nSPS) is 14.8. The molecule has 0 aliphatic heterocycles. The van der Waals surface area contributed by atoms with E-state index in [-0.39, 0.29) is 13.2 Å². The molecule has 0 spiro atoms. The summed E-state index contributed by atoms with van der Waals surface area (Å²) in [6.07, 6.45) is -1.29. The van der Waals surface area contributed by atoms with Gasteiger partial charge in [-0.3, -0.25) is 0 Å². The van der Waals surface area contributed by atoms with Crippen LogP contribution in [0.1, 0.15) is 0 Å². The highest BCUT2D eigenvalue weighted by atomic mass is 32.2. The van der Waals surface area contributed by atoms with Crippen LogP contribution in [0.25, 0.3) is 0 Å². The largest absolute Gasteiger partial charge is 0.394 e. The SMILES string of the molecule is OCC(O)CSCCOCCSCC(O)CO. The molecule has 17 heavy (non-hydrogen) atoms. The fourth-order valence-electron chi connectivity index (χ4n) is 0.882. The van der Waals surface area contributed by atoms with Crippen molar-refractivity contribution in [2.24, 2.45) is 0 Å². The molecule has 0 radical (unpaired) electrons. The maximum absolute atomic E-state index is 9.05. The lowest BCUT2D eigenvalue weighted by Gasteiger charge is -2.08. The standard InChI is InChI=1S/C10H22O5S2/c11-5-9(13)7-16-3-1-15-2-4-17-8-10(14)6-12/h9-14H,1-8H2. The van der Waals surface area contributed by atoms with Gasteiger partial charge in [-0.25, -0.2) is 0 Å². The Morgan fingerprint density at radius 3 is 1.59 bits per heavy atom. The average Bonchev–Trinajstić information content (AvgIpc) is 2.35. The summed E-state index contributed by atoms with van der Waals surface area (Å²) in [7, 11) is 0. The van der Waals surface area contributed by atoms with Crippen LogP contribution in [-0.4, -0.2) is 82.1 Å². The quantitative estimate of drug-likeness (QED) is 0.348. The van der Waals surface area contributed by atoms with Crippen molar-refractivity contribution >= 4 is 23.5 Å². The van der Waals surface area contributed by atoms with E-state index in [4.69, 9.17) is 25.2 Å². The molecular formula is C10H22O5S2. The summed E-state index contributed by atoms with van der Waals surface area (Å²) in [5.74, 6) is 2.64. The van der Waals surface area contributed by atoms with Gasteiger partial charge in [0, 0.05) is 23.0 Å². The van der Waals surface area contributed by atoms with Gasteiger partial charge in [0.05, 0.1) is 38.6 Å². The topological polar surface area (TPSA) is 90.2 Å². The van der Waals surface area contributed by atoms with Gasteiger partial charge in [0.2, 0.25) is 0 Å². The van der Waals surface area contributed by atoms with Gasteiger partial charge >= 0.3 is 0 Å². The lowest BCUT2D eigenvalue weighted by Crippen LogP contribution is -2.16. The van der Waals surface area contributed by atoms with E-state index in [2.05, 4.69) is 0 Å². The highest BCUT2D eigenvalue weighted by Gasteiger charge is 2.02. The summed E-state index contributed by atoms with van der Waals surface area (Å²) in [5, 5.41) is 35.2. The van der Waals surface area contributed by atoms with Crippen molar-refractivity contribution in [1.82, 2.24) is 0 Å². The second-order valence-corrected chi connectivity index (χ2v) is 5.73. The molecule has 7 heteroatoms. The first-order chi connectivity index (χ1) is 8.20. The predicted octanol–water partition coefficient (Wildman–Crippen LogP) is -0.824. The molecule has 5 nitrogen and oxygen atoms in total. The van der Waals surface area contributed by atoms with E-state index in [1.807, 2.05) is 0 Å². The Bertz CT molecular complexity index is 146. The third kappa shape index (κ3) is 12.7. The fraction of sp³-hybridized carbons (Fsp3) is 1.00. The van der Waals surface area contributed by atoms with Crippen molar-refractivity contribution < 1.29 is 25.2 Å². The second-order valence-electron chi connectivity index (χ2n) is 3.43. The molecule has 2 unspecified atom stereocenters. The van der Waals surface area contributed by atoms with Crippen LogP contribution >= 0.6 is 23.5 Å². The van der Waals surface area contributed by atoms with Crippen LogP contribution in [-0.2, 0) is 4.74 Å². The van der Waals surface area contributed by atoms with Crippen LogP contribution in [0.3, 0.4) is 0 Å². The molecule has 4 N–H and O–H groups in total. The first-order valence-electron chi connectivity index (χ1n) is 5.51. The van der Waals surface area contributed by atoms with E-state index >= 15 is 0 Å². The fourth-order valence-corrected chi connectivity index (χ4v) is 2.44. The van der Waals surface area contributed by atoms with Crippen molar-refractivity contribution in [3.05, 3.63) is 0 Å². The van der Waals surface area contributed by atoms with E-state index in [0.29, 0.717) is 24.7 Å². The molecule has 0 heterocycles. The molecule has 2 atom stereocenters. The first kappa shape index (κ1) is 17.5. The summed E-state index contributed by atoms with van der Waals surface area (Å²) in [6, 6.07) is 0. The molecule has 0 aromatic heterocycles. The molecule has 0 saturated carbocycles. The lowest BCUT2D eigenvalue weighted by molar-refractivity contribution is 0.113. The Hall–Kier alpha value is 0.500. The number of aliphatic hydroxyl groups excluding tert-OH is 4. The molecule has 0 aromatic rings. The summed E-state index contributed by atoms with van der Waals surface area (Å²) in [6.45, 7) is 0.840. The highest BCUT2D eigenvalue weighted by Crippen LogP contribution is 2.04. The van der Waals surface area contributed by atoms with Crippen molar-refractivity contribution in [2.75, 3.05) is 49.4 Å². The smallest absolute Gasteiger partial charge is 0.0861 e. The van der Waals surface area contributed by atoms with E-state index in [1.165, 1.54) is 0 Å². The zero-order chi connectivity index (χ0) is 12.9. The molecule has 0 aromatic carbocycles. The molecule has 104 valence electrons. The highest BCUT2D eigenvalue weighted by molar-refractivity contribution is 7.99. The van der Waals surface area contributed by atoms with Gasteiger partial charge in [-0.15, -0.1) is 0 Å². The second kappa shape index (κ2) is 12.9. The van der Waals surface area contributed by atoms with E-state index in [1.54, 1.807) is 23.5 Å². The molecule has 0 fully saturated rings. The molecule has 0 aliphatic rings. The van der Waals surface area contributed by atoms with Crippen LogP contribution in [0.15, 0.2) is 0 Å². The van der Waals surface area contributed by atoms with E-state index in [9.17, 15) is 0 Å². The Kier molecular flexibility index (Phi) is 13.3. The summed E-state index contributed by atoms with van der Waals surface area (Å²) >= 11 is 3.09. The minimum Gasteiger partial charge on any atom is -0.394 e. The maximum Gasteiger partial charge on any atom is 0.0861 e. The molecule has 0 aliphatic carbocycles. The third-order valence-electron chi connectivity index (χ3n) is 1.79. The van der Waals surface area contributed by atoms with Crippen molar-refractivity contribution in [1.29, 1.82) is 0 Å². The maximum atomic E-state index is 9.05. The van der Waals surface area contributed by atoms with Gasteiger partial charge in [0.15, 0.2) is 0 Å². The van der Waals surface area contributed by atoms with Gasteiger partial charge in [0.25, 0.3) is 0 Å². The minimum atomic E-state index is -0.643. The molecule has 0 bridgehead atoms. The number of thioether (sulfide) groups is 2. The molecule has 0 rings (SSSR count). The van der Waals surface area contributed by atoms with Crippen LogP contribution in [0.2, 0.25) is 0 Å². The number of hydrogen-bond donors (Lipinski definition) is 4. The zero-order valence-corrected chi connectivity index (χ0v) is 11.5. The molecular weight excluding hydrogens is 264 g/mol. The first-order valence-corrected chi connectivity index (χ1v) is 7.82. The number of aliphatic hydroxyl groups is 4. The number of rotatable bonds is 12. The molecule has 0 amide bonds. The van der Waals surface area contributed by atoms with Crippen LogP contribution < -0.4 is 0 Å². The van der Waals surface area contributed by atoms with Crippen LogP contribution in [0.5, 0.6) is 0 Å². The number of ether oxygens (including phenoxy) is 1. The monoisotopic (exact) mass is 286 g/mol. The Balaban J connectivity index is 3.04. The van der Waals surface area contributed by atoms with E-state index in [0.717, 1.165) is 11.5 Å². The van der Waals surface area contributed by atoms with Gasteiger partial charge in [-0.2, -0.15) is 23.5 Å². The van der Waals surface area contributed by atoms with Crippen molar-refractivity contribution in [3.8, 4) is 0 Å². The van der Waals surface area contributed by atoms with E-state index < -0.39 is 12.2 Å². The minimum absolute atomic E-state index is 0.197. The summed E-state index contributed by atoms with van der Waals surface area (Å²) < 4.78 is 5.33.